The van der Waals surface area contributed by atoms with Gasteiger partial charge in [0.1, 0.15) is 11.5 Å². The number of carbonyl (C=O) groups is 2. The summed E-state index contributed by atoms with van der Waals surface area (Å²) in [5, 5.41) is 9.16. The van der Waals surface area contributed by atoms with Gasteiger partial charge in [0, 0.05) is 24.2 Å². The van der Waals surface area contributed by atoms with Crippen molar-refractivity contribution in [1.29, 1.82) is 0 Å². The zero-order valence-electron chi connectivity index (χ0n) is 11.3. The van der Waals surface area contributed by atoms with E-state index in [1.165, 1.54) is 6.92 Å². The van der Waals surface area contributed by atoms with Crippen LogP contribution in [0.15, 0.2) is 34.9 Å². The molecule has 2 rings (SSSR count). The summed E-state index contributed by atoms with van der Waals surface area (Å²) in [5.41, 5.74) is 1.72. The highest BCUT2D eigenvalue weighted by atomic mass is 16.5. The predicted octanol–water partition coefficient (Wildman–Crippen LogP) is 1.87. The Morgan fingerprint density at radius 1 is 1.30 bits per heavy atom. The van der Waals surface area contributed by atoms with E-state index in [-0.39, 0.29) is 11.8 Å². The van der Waals surface area contributed by atoms with Crippen molar-refractivity contribution in [3.8, 4) is 0 Å². The number of amides is 2. The van der Waals surface area contributed by atoms with Crippen molar-refractivity contribution >= 4 is 17.5 Å². The number of anilines is 1. The SMILES string of the molecule is CC(=O)Nc1cccc(C(=O)NCc2cc(C)on2)c1. The van der Waals surface area contributed by atoms with Gasteiger partial charge in [0.05, 0.1) is 6.54 Å². The first-order chi connectivity index (χ1) is 9.54. The van der Waals surface area contributed by atoms with E-state index >= 15 is 0 Å². The zero-order valence-corrected chi connectivity index (χ0v) is 11.3. The molecule has 0 spiro atoms. The van der Waals surface area contributed by atoms with Gasteiger partial charge in [0.25, 0.3) is 5.91 Å². The first-order valence-corrected chi connectivity index (χ1v) is 6.12. The minimum absolute atomic E-state index is 0.180. The van der Waals surface area contributed by atoms with E-state index in [9.17, 15) is 9.59 Å². The average molecular weight is 273 g/mol. The van der Waals surface area contributed by atoms with Gasteiger partial charge in [0.2, 0.25) is 5.91 Å². The third-order valence-corrected chi connectivity index (χ3v) is 2.55. The fraction of sp³-hybridized carbons (Fsp3) is 0.214. The number of aromatic nitrogens is 1. The second-order valence-electron chi connectivity index (χ2n) is 4.37. The standard InChI is InChI=1S/C14H15N3O3/c1-9-6-13(17-20-9)8-15-14(19)11-4-3-5-12(7-11)16-10(2)18/h3-7H,8H2,1-2H3,(H,15,19)(H,16,18). The van der Waals surface area contributed by atoms with E-state index < -0.39 is 0 Å². The lowest BCUT2D eigenvalue weighted by Crippen LogP contribution is -2.23. The molecule has 6 nitrogen and oxygen atoms in total. The maximum Gasteiger partial charge on any atom is 0.251 e. The number of hydrogen-bond acceptors (Lipinski definition) is 4. The Morgan fingerprint density at radius 3 is 2.75 bits per heavy atom. The molecular weight excluding hydrogens is 258 g/mol. The second-order valence-corrected chi connectivity index (χ2v) is 4.37. The summed E-state index contributed by atoms with van der Waals surface area (Å²) < 4.78 is 4.92. The van der Waals surface area contributed by atoms with E-state index in [4.69, 9.17) is 4.52 Å². The van der Waals surface area contributed by atoms with Crippen molar-refractivity contribution in [2.45, 2.75) is 20.4 Å². The molecule has 6 heteroatoms. The number of rotatable bonds is 4. The number of benzene rings is 1. The van der Waals surface area contributed by atoms with Crippen LogP contribution in [0.25, 0.3) is 0 Å². The van der Waals surface area contributed by atoms with Crippen molar-refractivity contribution in [3.05, 3.63) is 47.3 Å². The van der Waals surface area contributed by atoms with Crippen LogP contribution in [0.1, 0.15) is 28.7 Å². The minimum Gasteiger partial charge on any atom is -0.361 e. The number of aryl methyl sites for hydroxylation is 1. The molecule has 0 radical (unpaired) electrons. The average Bonchev–Trinajstić information content (AvgIpc) is 2.81. The van der Waals surface area contributed by atoms with Crippen molar-refractivity contribution in [2.75, 3.05) is 5.32 Å². The molecule has 0 bridgehead atoms. The van der Waals surface area contributed by atoms with E-state index in [1.807, 2.05) is 0 Å². The molecule has 0 atom stereocenters. The molecule has 20 heavy (non-hydrogen) atoms. The van der Waals surface area contributed by atoms with Crippen LogP contribution in [0.3, 0.4) is 0 Å². The molecule has 104 valence electrons. The van der Waals surface area contributed by atoms with Gasteiger partial charge in [-0.15, -0.1) is 0 Å². The summed E-state index contributed by atoms with van der Waals surface area (Å²) in [6, 6.07) is 8.48. The molecule has 0 saturated heterocycles. The largest absolute Gasteiger partial charge is 0.361 e. The molecule has 0 fully saturated rings. The lowest BCUT2D eigenvalue weighted by atomic mass is 10.2. The Bertz CT molecular complexity index is 634. The molecule has 0 aliphatic carbocycles. The number of nitrogens with one attached hydrogen (secondary N) is 2. The third-order valence-electron chi connectivity index (χ3n) is 2.55. The first kappa shape index (κ1) is 13.8. The minimum atomic E-state index is -0.238. The summed E-state index contributed by atoms with van der Waals surface area (Å²) in [6.07, 6.45) is 0. The number of nitrogens with zero attached hydrogens (tertiary/aromatic N) is 1. The van der Waals surface area contributed by atoms with Gasteiger partial charge in [-0.25, -0.2) is 0 Å². The number of hydrogen-bond donors (Lipinski definition) is 2. The van der Waals surface area contributed by atoms with Crippen LogP contribution in [0.5, 0.6) is 0 Å². The zero-order chi connectivity index (χ0) is 14.5. The van der Waals surface area contributed by atoms with Gasteiger partial charge in [0.15, 0.2) is 0 Å². The van der Waals surface area contributed by atoms with Crippen LogP contribution in [0.4, 0.5) is 5.69 Å². The molecule has 0 aliphatic rings. The maximum absolute atomic E-state index is 12.0. The predicted molar refractivity (Wildman–Crippen MR) is 73.2 cm³/mol. The van der Waals surface area contributed by atoms with Crippen LogP contribution < -0.4 is 10.6 Å². The van der Waals surface area contributed by atoms with Crippen molar-refractivity contribution < 1.29 is 14.1 Å². The van der Waals surface area contributed by atoms with Crippen LogP contribution in [-0.2, 0) is 11.3 Å². The van der Waals surface area contributed by atoms with Gasteiger partial charge in [-0.1, -0.05) is 11.2 Å². The number of carbonyl (C=O) groups excluding carboxylic acids is 2. The molecule has 2 N–H and O–H groups in total. The molecule has 0 unspecified atom stereocenters. The molecule has 1 aromatic carbocycles. The van der Waals surface area contributed by atoms with Crippen molar-refractivity contribution in [1.82, 2.24) is 10.5 Å². The molecule has 2 amide bonds. The lowest BCUT2D eigenvalue weighted by Gasteiger charge is -2.06. The summed E-state index contributed by atoms with van der Waals surface area (Å²) in [4.78, 5) is 23.0. The molecule has 2 aromatic rings. The quantitative estimate of drug-likeness (QED) is 0.890. The Labute approximate surface area is 116 Å². The van der Waals surface area contributed by atoms with Crippen LogP contribution in [0, 0.1) is 6.92 Å². The van der Waals surface area contributed by atoms with Crippen LogP contribution in [0.2, 0.25) is 0 Å². The maximum atomic E-state index is 12.0. The molecule has 1 heterocycles. The Morgan fingerprint density at radius 2 is 2.10 bits per heavy atom. The smallest absolute Gasteiger partial charge is 0.251 e. The topological polar surface area (TPSA) is 84.2 Å². The third kappa shape index (κ3) is 3.68. The fourth-order valence-electron chi connectivity index (χ4n) is 1.72. The molecule has 0 saturated carbocycles. The highest BCUT2D eigenvalue weighted by molar-refractivity contribution is 5.96. The van der Waals surface area contributed by atoms with Gasteiger partial charge in [-0.05, 0) is 25.1 Å². The Hall–Kier alpha value is -2.63. The van der Waals surface area contributed by atoms with E-state index in [2.05, 4.69) is 15.8 Å². The summed E-state index contributed by atoms with van der Waals surface area (Å²) in [7, 11) is 0. The Balaban J connectivity index is 1.99. The van der Waals surface area contributed by atoms with Gasteiger partial charge in [-0.2, -0.15) is 0 Å². The second kappa shape index (κ2) is 6.01. The summed E-state index contributed by atoms with van der Waals surface area (Å²) in [5.74, 6) is 0.278. The normalized spacial score (nSPS) is 10.1. The van der Waals surface area contributed by atoms with Gasteiger partial charge >= 0.3 is 0 Å². The van der Waals surface area contributed by atoms with Crippen molar-refractivity contribution in [2.24, 2.45) is 0 Å². The monoisotopic (exact) mass is 273 g/mol. The molecular formula is C14H15N3O3. The molecule has 0 aliphatic heterocycles. The van der Waals surface area contributed by atoms with Gasteiger partial charge in [-0.3, -0.25) is 9.59 Å². The molecule has 1 aromatic heterocycles. The van der Waals surface area contributed by atoms with E-state index in [0.29, 0.717) is 29.2 Å². The van der Waals surface area contributed by atoms with E-state index in [0.717, 1.165) is 0 Å². The Kier molecular flexibility index (Phi) is 4.14. The van der Waals surface area contributed by atoms with Gasteiger partial charge < -0.3 is 15.2 Å². The highest BCUT2D eigenvalue weighted by Crippen LogP contribution is 2.11. The highest BCUT2D eigenvalue weighted by Gasteiger charge is 2.08. The summed E-state index contributed by atoms with van der Waals surface area (Å²) >= 11 is 0. The van der Waals surface area contributed by atoms with E-state index in [1.54, 1.807) is 37.3 Å². The van der Waals surface area contributed by atoms with Crippen LogP contribution in [-0.4, -0.2) is 17.0 Å². The summed E-state index contributed by atoms with van der Waals surface area (Å²) in [6.45, 7) is 3.50. The van der Waals surface area contributed by atoms with Crippen LogP contribution >= 0.6 is 0 Å². The van der Waals surface area contributed by atoms with Crippen molar-refractivity contribution in [3.63, 3.8) is 0 Å². The lowest BCUT2D eigenvalue weighted by molar-refractivity contribution is -0.114. The fourth-order valence-corrected chi connectivity index (χ4v) is 1.72. The first-order valence-electron chi connectivity index (χ1n) is 6.12.